The first-order valence-corrected chi connectivity index (χ1v) is 13.5. The second-order valence-corrected chi connectivity index (χ2v) is 10.4. The minimum atomic E-state index is -0.678. The van der Waals surface area contributed by atoms with Gasteiger partial charge < -0.3 is 20.3 Å². The predicted molar refractivity (Wildman–Crippen MR) is 143 cm³/mol. The Morgan fingerprint density at radius 2 is 1.81 bits per heavy atom. The van der Waals surface area contributed by atoms with Gasteiger partial charge in [-0.25, -0.2) is 0 Å². The lowest BCUT2D eigenvalue weighted by atomic mass is 9.95. The van der Waals surface area contributed by atoms with Crippen LogP contribution in [0.15, 0.2) is 42.5 Å². The minimum absolute atomic E-state index is 0.00573. The van der Waals surface area contributed by atoms with Crippen molar-refractivity contribution >= 4 is 17.7 Å². The van der Waals surface area contributed by atoms with Crippen molar-refractivity contribution in [3.8, 4) is 5.75 Å². The number of carbonyl (C=O) groups is 3. The summed E-state index contributed by atoms with van der Waals surface area (Å²) in [7, 11) is 0. The molecule has 0 radical (unpaired) electrons. The van der Waals surface area contributed by atoms with Gasteiger partial charge in [0.05, 0.1) is 6.61 Å². The van der Waals surface area contributed by atoms with Crippen molar-refractivity contribution in [2.75, 3.05) is 19.7 Å². The largest absolute Gasteiger partial charge is 0.493 e. The van der Waals surface area contributed by atoms with Crippen molar-refractivity contribution in [2.24, 2.45) is 5.92 Å². The van der Waals surface area contributed by atoms with E-state index < -0.39 is 6.04 Å². The molecule has 2 aromatic carbocycles. The summed E-state index contributed by atoms with van der Waals surface area (Å²) >= 11 is 0. The first-order chi connectivity index (χ1) is 17.9. The lowest BCUT2D eigenvalue weighted by Crippen LogP contribution is -2.47. The minimum Gasteiger partial charge on any atom is -0.493 e. The molecule has 2 aliphatic heterocycles. The molecule has 4 rings (SSSR count). The quantitative estimate of drug-likeness (QED) is 0.664. The number of nitrogens with zero attached hydrogens (tertiary/aromatic N) is 1. The molecule has 2 N–H and O–H groups in total. The fourth-order valence-electron chi connectivity index (χ4n) is 5.26. The lowest BCUT2D eigenvalue weighted by molar-refractivity contribution is -0.135. The van der Waals surface area contributed by atoms with Crippen LogP contribution in [0.4, 0.5) is 0 Å². The predicted octanol–water partition coefficient (Wildman–Crippen LogP) is 3.84. The van der Waals surface area contributed by atoms with Crippen LogP contribution in [0.2, 0.25) is 0 Å². The Hall–Kier alpha value is -3.35. The summed E-state index contributed by atoms with van der Waals surface area (Å²) in [6.45, 7) is 6.46. The molecule has 0 aromatic heterocycles. The van der Waals surface area contributed by atoms with Crippen LogP contribution in [-0.2, 0) is 27.3 Å². The molecular formula is C30H39N3O4. The third kappa shape index (κ3) is 7.57. The number of rotatable bonds is 3. The van der Waals surface area contributed by atoms with Crippen molar-refractivity contribution in [3.05, 3.63) is 64.7 Å². The van der Waals surface area contributed by atoms with Gasteiger partial charge in [0, 0.05) is 32.5 Å². The van der Waals surface area contributed by atoms with Gasteiger partial charge in [0.1, 0.15) is 11.8 Å². The Morgan fingerprint density at radius 3 is 2.62 bits per heavy atom. The van der Waals surface area contributed by atoms with E-state index in [1.165, 1.54) is 0 Å². The number of nitrogens with one attached hydrogen (secondary N) is 2. The average molecular weight is 506 g/mol. The molecule has 1 saturated heterocycles. The van der Waals surface area contributed by atoms with Crippen LogP contribution in [0.1, 0.15) is 60.8 Å². The number of hydrogen-bond acceptors (Lipinski definition) is 4. The zero-order valence-electron chi connectivity index (χ0n) is 22.1. The Bertz CT molecular complexity index is 1100. The maximum Gasteiger partial charge on any atom is 0.242 e. The highest BCUT2D eigenvalue weighted by Crippen LogP contribution is 2.25. The van der Waals surface area contributed by atoms with E-state index >= 15 is 0 Å². The second-order valence-electron chi connectivity index (χ2n) is 10.4. The molecule has 2 aliphatic rings. The van der Waals surface area contributed by atoms with E-state index in [2.05, 4.69) is 16.7 Å². The van der Waals surface area contributed by atoms with Crippen LogP contribution in [0.5, 0.6) is 5.75 Å². The topological polar surface area (TPSA) is 87.7 Å². The van der Waals surface area contributed by atoms with Crippen LogP contribution in [0.25, 0.3) is 0 Å². The molecule has 2 aromatic rings. The maximum atomic E-state index is 13.2. The van der Waals surface area contributed by atoms with Gasteiger partial charge in [-0.15, -0.1) is 0 Å². The SMILES string of the molecule is Cc1cc(C)c2cc1CNC(=O)[C@H](CCc1ccccc1)NC(=O)CCC(=O)N1CCCC(CCO2)C1. The number of hydrogen-bond donors (Lipinski definition) is 2. The smallest absolute Gasteiger partial charge is 0.242 e. The average Bonchev–Trinajstić information content (AvgIpc) is 2.90. The highest BCUT2D eigenvalue weighted by molar-refractivity contribution is 5.89. The monoisotopic (exact) mass is 505 g/mol. The first-order valence-electron chi connectivity index (χ1n) is 13.5. The Kier molecular flexibility index (Phi) is 9.20. The van der Waals surface area contributed by atoms with Gasteiger partial charge in [-0.3, -0.25) is 14.4 Å². The van der Waals surface area contributed by atoms with Crippen LogP contribution < -0.4 is 15.4 Å². The van der Waals surface area contributed by atoms with Crippen LogP contribution >= 0.6 is 0 Å². The zero-order chi connectivity index (χ0) is 26.2. The van der Waals surface area contributed by atoms with Gasteiger partial charge >= 0.3 is 0 Å². The van der Waals surface area contributed by atoms with Gasteiger partial charge in [0.2, 0.25) is 17.7 Å². The molecule has 1 fully saturated rings. The maximum absolute atomic E-state index is 13.2. The van der Waals surface area contributed by atoms with E-state index in [0.717, 1.165) is 53.8 Å². The van der Waals surface area contributed by atoms with E-state index in [4.69, 9.17) is 4.74 Å². The molecule has 3 amide bonds. The van der Waals surface area contributed by atoms with Gasteiger partial charge in [0.25, 0.3) is 0 Å². The molecular weight excluding hydrogens is 466 g/mol. The molecule has 7 heteroatoms. The van der Waals surface area contributed by atoms with Crippen LogP contribution in [0, 0.1) is 19.8 Å². The van der Waals surface area contributed by atoms with Crippen molar-refractivity contribution in [3.63, 3.8) is 0 Å². The number of benzene rings is 2. The second kappa shape index (κ2) is 12.7. The van der Waals surface area contributed by atoms with Crippen LogP contribution in [-0.4, -0.2) is 48.4 Å². The van der Waals surface area contributed by atoms with Crippen LogP contribution in [0.3, 0.4) is 0 Å². The number of amides is 3. The van der Waals surface area contributed by atoms with Crippen molar-refractivity contribution in [1.29, 1.82) is 0 Å². The Labute approximate surface area is 220 Å². The molecule has 7 nitrogen and oxygen atoms in total. The van der Waals surface area contributed by atoms with E-state index in [-0.39, 0.29) is 30.6 Å². The Morgan fingerprint density at radius 1 is 1.00 bits per heavy atom. The van der Waals surface area contributed by atoms with E-state index in [0.29, 0.717) is 38.5 Å². The van der Waals surface area contributed by atoms with Gasteiger partial charge in [-0.1, -0.05) is 36.4 Å². The van der Waals surface area contributed by atoms with Gasteiger partial charge in [-0.05, 0) is 80.2 Å². The summed E-state index contributed by atoms with van der Waals surface area (Å²) < 4.78 is 6.17. The molecule has 0 aliphatic carbocycles. The number of carbonyl (C=O) groups excluding carboxylic acids is 3. The molecule has 198 valence electrons. The molecule has 0 saturated carbocycles. The summed E-state index contributed by atoms with van der Waals surface area (Å²) in [5.74, 6) is 0.744. The lowest BCUT2D eigenvalue weighted by Gasteiger charge is -2.33. The summed E-state index contributed by atoms with van der Waals surface area (Å²) in [5, 5.41) is 5.92. The molecule has 1 unspecified atom stereocenters. The fourth-order valence-corrected chi connectivity index (χ4v) is 5.26. The van der Waals surface area contributed by atoms with Gasteiger partial charge in [0.15, 0.2) is 0 Å². The summed E-state index contributed by atoms with van der Waals surface area (Å²) in [4.78, 5) is 40.8. The number of fused-ring (bicyclic) bond motifs is 4. The number of piperidine rings is 1. The standard InChI is InChI=1S/C30H39N3O4/c1-21-17-22(2)27-18-25(21)19-31-30(36)26(11-10-23-7-4-3-5-8-23)32-28(34)12-13-29(35)33-15-6-9-24(20-33)14-16-37-27/h3-5,7-8,17-18,24,26H,6,9-16,19-20H2,1-2H3,(H,31,36)(H,32,34)/t24?,26-/m0/s1. The zero-order valence-corrected chi connectivity index (χ0v) is 22.1. The third-order valence-electron chi connectivity index (χ3n) is 7.52. The van der Waals surface area contributed by atoms with Crippen molar-refractivity contribution in [2.45, 2.75) is 71.4 Å². The van der Waals surface area contributed by atoms with Crippen molar-refractivity contribution in [1.82, 2.24) is 15.5 Å². The summed E-state index contributed by atoms with van der Waals surface area (Å²) in [6, 6.07) is 13.3. The normalized spacial score (nSPS) is 21.8. The number of ether oxygens (including phenoxy) is 1. The highest BCUT2D eigenvalue weighted by atomic mass is 16.5. The van der Waals surface area contributed by atoms with E-state index in [9.17, 15) is 14.4 Å². The summed E-state index contributed by atoms with van der Waals surface area (Å²) in [5.41, 5.74) is 4.26. The molecule has 2 heterocycles. The van der Waals surface area contributed by atoms with Crippen molar-refractivity contribution < 1.29 is 19.1 Å². The molecule has 2 atom stereocenters. The third-order valence-corrected chi connectivity index (χ3v) is 7.52. The molecule has 37 heavy (non-hydrogen) atoms. The summed E-state index contributed by atoms with van der Waals surface area (Å²) in [6.07, 6.45) is 4.31. The van der Waals surface area contributed by atoms with E-state index in [1.54, 1.807) is 0 Å². The molecule has 0 spiro atoms. The Balaban J connectivity index is 1.53. The fraction of sp³-hybridized carbons (Fsp3) is 0.500. The van der Waals surface area contributed by atoms with Gasteiger partial charge in [-0.2, -0.15) is 0 Å². The van der Waals surface area contributed by atoms with E-state index in [1.807, 2.05) is 55.1 Å². The highest BCUT2D eigenvalue weighted by Gasteiger charge is 2.26. The molecule has 4 bridgehead atoms. The number of aryl methyl sites for hydroxylation is 3. The first kappa shape index (κ1) is 26.7.